The minimum absolute atomic E-state index is 0.571. The first-order chi connectivity index (χ1) is 9.63. The summed E-state index contributed by atoms with van der Waals surface area (Å²) < 4.78 is 0. The molecule has 0 aromatic heterocycles. The number of hydrogen-bond acceptors (Lipinski definition) is 3. The fourth-order valence-electron chi connectivity index (χ4n) is 4.32. The average Bonchev–Trinajstić information content (AvgIpc) is 2.37. The van der Waals surface area contributed by atoms with Crippen LogP contribution in [0.4, 0.5) is 0 Å². The number of piperidine rings is 1. The predicted molar refractivity (Wildman–Crippen MR) is 85.0 cm³/mol. The van der Waals surface area contributed by atoms with Crippen LogP contribution in [-0.2, 0) is 0 Å². The first-order valence-corrected chi connectivity index (χ1v) is 8.76. The summed E-state index contributed by atoms with van der Waals surface area (Å²) in [6, 6.07) is 2.70. The molecule has 3 rings (SSSR count). The Balaban J connectivity index is 1.67. The summed E-state index contributed by atoms with van der Waals surface area (Å²) in [5, 5.41) is 3.65. The van der Waals surface area contributed by atoms with Crippen molar-refractivity contribution in [2.75, 3.05) is 0 Å². The Kier molecular flexibility index (Phi) is 4.23. The Morgan fingerprint density at radius 2 is 2.00 bits per heavy atom. The molecule has 2 fully saturated rings. The molecule has 4 unspecified atom stereocenters. The van der Waals surface area contributed by atoms with E-state index in [1.807, 2.05) is 0 Å². The summed E-state index contributed by atoms with van der Waals surface area (Å²) in [6.45, 7) is 6.96. The Hall–Kier alpha value is -0.730. The van der Waals surface area contributed by atoms with Crippen LogP contribution in [0, 0.1) is 5.92 Å². The molecule has 3 heterocycles. The van der Waals surface area contributed by atoms with Gasteiger partial charge >= 0.3 is 0 Å². The van der Waals surface area contributed by atoms with E-state index in [4.69, 9.17) is 4.99 Å². The molecular weight excluding hydrogens is 246 g/mol. The van der Waals surface area contributed by atoms with Crippen molar-refractivity contribution in [3.8, 4) is 0 Å². The fraction of sp³-hybridized carbons (Fsp3) is 0.941. The first kappa shape index (κ1) is 14.2. The summed E-state index contributed by atoms with van der Waals surface area (Å²) in [4.78, 5) is 7.71. The van der Waals surface area contributed by atoms with Crippen LogP contribution in [-0.4, -0.2) is 35.0 Å². The molecule has 114 valence electrons. The molecule has 3 aliphatic heterocycles. The van der Waals surface area contributed by atoms with E-state index in [-0.39, 0.29) is 0 Å². The van der Waals surface area contributed by atoms with E-state index in [1.54, 1.807) is 0 Å². The molecule has 3 nitrogen and oxygen atoms in total. The van der Waals surface area contributed by atoms with Crippen molar-refractivity contribution in [1.82, 2.24) is 10.2 Å². The van der Waals surface area contributed by atoms with Crippen molar-refractivity contribution in [2.45, 2.75) is 96.3 Å². The van der Waals surface area contributed by atoms with Gasteiger partial charge in [0, 0.05) is 18.1 Å². The normalized spacial score (nSPS) is 36.4. The van der Waals surface area contributed by atoms with Crippen molar-refractivity contribution in [3.63, 3.8) is 0 Å². The lowest BCUT2D eigenvalue weighted by atomic mass is 9.85. The van der Waals surface area contributed by atoms with Gasteiger partial charge in [0.25, 0.3) is 0 Å². The highest BCUT2D eigenvalue weighted by molar-refractivity contribution is 5.82. The predicted octanol–water partition coefficient (Wildman–Crippen LogP) is 3.55. The van der Waals surface area contributed by atoms with E-state index in [0.717, 1.165) is 18.0 Å². The second-order valence-corrected chi connectivity index (χ2v) is 7.59. The molecule has 1 N–H and O–H groups in total. The third-order valence-electron chi connectivity index (χ3n) is 5.28. The number of rotatable bonds is 4. The minimum atomic E-state index is 0.571. The maximum atomic E-state index is 5.07. The van der Waals surface area contributed by atoms with Crippen LogP contribution in [0.2, 0.25) is 0 Å². The third-order valence-corrected chi connectivity index (χ3v) is 5.28. The lowest BCUT2D eigenvalue weighted by Crippen LogP contribution is -2.64. The van der Waals surface area contributed by atoms with Gasteiger partial charge in [-0.1, -0.05) is 26.7 Å². The number of hydrogen-bond donors (Lipinski definition) is 1. The lowest BCUT2D eigenvalue weighted by molar-refractivity contribution is 0.102. The molecule has 0 aromatic rings. The zero-order chi connectivity index (χ0) is 14.1. The Labute approximate surface area is 124 Å². The first-order valence-electron chi connectivity index (χ1n) is 8.76. The SMILES string of the molecule is CC(C)CCCC1CC2CCCC3CC(C)NC(=N1)N23. The molecule has 0 bridgehead atoms. The van der Waals surface area contributed by atoms with Crippen LogP contribution < -0.4 is 5.32 Å². The van der Waals surface area contributed by atoms with E-state index in [9.17, 15) is 0 Å². The molecule has 4 atom stereocenters. The molecule has 3 aliphatic rings. The number of aliphatic imine (C=N–C) groups is 1. The largest absolute Gasteiger partial charge is 0.354 e. The van der Waals surface area contributed by atoms with Gasteiger partial charge in [0.1, 0.15) is 0 Å². The van der Waals surface area contributed by atoms with Crippen LogP contribution in [0.15, 0.2) is 4.99 Å². The van der Waals surface area contributed by atoms with E-state index in [0.29, 0.717) is 12.1 Å². The van der Waals surface area contributed by atoms with E-state index >= 15 is 0 Å². The lowest BCUT2D eigenvalue weighted by Gasteiger charge is -2.52. The van der Waals surface area contributed by atoms with Gasteiger partial charge in [0.05, 0.1) is 6.04 Å². The summed E-state index contributed by atoms with van der Waals surface area (Å²) in [5.41, 5.74) is 0. The molecule has 0 aliphatic carbocycles. The summed E-state index contributed by atoms with van der Waals surface area (Å²) >= 11 is 0. The highest BCUT2D eigenvalue weighted by Gasteiger charge is 2.40. The summed E-state index contributed by atoms with van der Waals surface area (Å²) in [6.07, 6.45) is 10.7. The summed E-state index contributed by atoms with van der Waals surface area (Å²) in [5.74, 6) is 2.06. The topological polar surface area (TPSA) is 27.6 Å². The van der Waals surface area contributed by atoms with Gasteiger partial charge in [-0.3, -0.25) is 0 Å². The second kappa shape index (κ2) is 5.95. The van der Waals surface area contributed by atoms with Crippen LogP contribution >= 0.6 is 0 Å². The van der Waals surface area contributed by atoms with Gasteiger partial charge < -0.3 is 10.2 Å². The number of guanidine groups is 1. The highest BCUT2D eigenvalue weighted by Crippen LogP contribution is 2.35. The maximum Gasteiger partial charge on any atom is 0.194 e. The average molecular weight is 277 g/mol. The van der Waals surface area contributed by atoms with E-state index in [1.165, 1.54) is 57.3 Å². The Morgan fingerprint density at radius 1 is 1.25 bits per heavy atom. The van der Waals surface area contributed by atoms with Crippen molar-refractivity contribution in [1.29, 1.82) is 0 Å². The zero-order valence-corrected chi connectivity index (χ0v) is 13.4. The molecular formula is C17H31N3. The van der Waals surface area contributed by atoms with Crippen molar-refractivity contribution in [2.24, 2.45) is 10.9 Å². The molecule has 0 aromatic carbocycles. The molecule has 0 spiro atoms. The van der Waals surface area contributed by atoms with Gasteiger partial charge in [-0.2, -0.15) is 0 Å². The van der Waals surface area contributed by atoms with Crippen LogP contribution in [0.1, 0.15) is 72.1 Å². The third kappa shape index (κ3) is 2.96. The minimum Gasteiger partial charge on any atom is -0.354 e. The molecule has 0 radical (unpaired) electrons. The van der Waals surface area contributed by atoms with Crippen LogP contribution in [0.3, 0.4) is 0 Å². The monoisotopic (exact) mass is 277 g/mol. The number of nitrogens with zero attached hydrogens (tertiary/aromatic N) is 2. The van der Waals surface area contributed by atoms with Crippen LogP contribution in [0.5, 0.6) is 0 Å². The Morgan fingerprint density at radius 3 is 2.75 bits per heavy atom. The maximum absolute atomic E-state index is 5.07. The van der Waals surface area contributed by atoms with Crippen molar-refractivity contribution >= 4 is 5.96 Å². The van der Waals surface area contributed by atoms with Gasteiger partial charge in [-0.15, -0.1) is 0 Å². The van der Waals surface area contributed by atoms with Crippen molar-refractivity contribution < 1.29 is 0 Å². The van der Waals surface area contributed by atoms with Gasteiger partial charge in [0.15, 0.2) is 5.96 Å². The number of nitrogens with one attached hydrogen (secondary N) is 1. The quantitative estimate of drug-likeness (QED) is 0.851. The zero-order valence-electron chi connectivity index (χ0n) is 13.4. The van der Waals surface area contributed by atoms with Gasteiger partial charge in [-0.25, -0.2) is 4.99 Å². The van der Waals surface area contributed by atoms with Gasteiger partial charge in [0.2, 0.25) is 0 Å². The molecule has 2 saturated heterocycles. The Bertz CT molecular complexity index is 363. The van der Waals surface area contributed by atoms with Crippen LogP contribution in [0.25, 0.3) is 0 Å². The smallest absolute Gasteiger partial charge is 0.194 e. The highest BCUT2D eigenvalue weighted by atomic mass is 15.4. The molecule has 3 heteroatoms. The standard InChI is InChI=1S/C17H31N3/c1-12(2)6-4-7-14-11-16-9-5-8-15-10-13(3)18-17(19-14)20(15)16/h12-16H,4-11H2,1-3H3,(H,18,19). The van der Waals surface area contributed by atoms with Gasteiger partial charge in [-0.05, 0) is 51.4 Å². The fourth-order valence-corrected chi connectivity index (χ4v) is 4.32. The summed E-state index contributed by atoms with van der Waals surface area (Å²) in [7, 11) is 0. The molecule has 0 saturated carbocycles. The van der Waals surface area contributed by atoms with Crippen molar-refractivity contribution in [3.05, 3.63) is 0 Å². The molecule has 20 heavy (non-hydrogen) atoms. The van der Waals surface area contributed by atoms with E-state index in [2.05, 4.69) is 31.0 Å². The van der Waals surface area contributed by atoms with E-state index < -0.39 is 0 Å². The second-order valence-electron chi connectivity index (χ2n) is 7.59. The molecule has 0 amide bonds.